The molecule has 0 atom stereocenters. The third-order valence-electron chi connectivity index (χ3n) is 3.57. The van der Waals surface area contributed by atoms with Gasteiger partial charge in [0, 0.05) is 19.6 Å². The van der Waals surface area contributed by atoms with Crippen molar-refractivity contribution in [3.05, 3.63) is 29.8 Å². The lowest BCUT2D eigenvalue weighted by atomic mass is 9.93. The zero-order chi connectivity index (χ0) is 20.5. The zero-order valence-corrected chi connectivity index (χ0v) is 16.8. The van der Waals surface area contributed by atoms with E-state index in [-0.39, 0.29) is 11.2 Å². The van der Waals surface area contributed by atoms with Crippen molar-refractivity contribution in [2.24, 2.45) is 10.4 Å². The van der Waals surface area contributed by atoms with Gasteiger partial charge in [-0.3, -0.25) is 0 Å². The van der Waals surface area contributed by atoms with Crippen LogP contribution in [0.1, 0.15) is 26.3 Å². The van der Waals surface area contributed by atoms with E-state index in [1.54, 1.807) is 12.1 Å². The molecule has 5 nitrogen and oxygen atoms in total. The average molecular weight is 388 g/mol. The SMILES string of the molecule is CCNC(=NCc1ccc(OCC(F)(F)F)cc1)NCC(C)(C)CN(C)C. The summed E-state index contributed by atoms with van der Waals surface area (Å²) >= 11 is 0. The number of nitrogens with zero attached hydrogens (tertiary/aromatic N) is 2. The minimum Gasteiger partial charge on any atom is -0.484 e. The number of hydrogen-bond donors (Lipinski definition) is 2. The van der Waals surface area contributed by atoms with E-state index in [1.165, 1.54) is 12.1 Å². The van der Waals surface area contributed by atoms with Gasteiger partial charge in [-0.05, 0) is 44.1 Å². The van der Waals surface area contributed by atoms with Gasteiger partial charge in [0.05, 0.1) is 6.54 Å². The molecule has 0 amide bonds. The lowest BCUT2D eigenvalue weighted by Crippen LogP contribution is -2.44. The van der Waals surface area contributed by atoms with Crippen molar-refractivity contribution in [2.75, 3.05) is 40.3 Å². The van der Waals surface area contributed by atoms with Crippen LogP contribution in [0.15, 0.2) is 29.3 Å². The summed E-state index contributed by atoms with van der Waals surface area (Å²) in [5, 5.41) is 6.55. The molecular formula is C19H31F3N4O. The van der Waals surface area contributed by atoms with Crippen molar-refractivity contribution in [3.63, 3.8) is 0 Å². The van der Waals surface area contributed by atoms with Crippen LogP contribution in [0.3, 0.4) is 0 Å². The smallest absolute Gasteiger partial charge is 0.422 e. The van der Waals surface area contributed by atoms with Crippen molar-refractivity contribution in [1.29, 1.82) is 0 Å². The first-order valence-corrected chi connectivity index (χ1v) is 8.96. The van der Waals surface area contributed by atoms with Gasteiger partial charge in [0.1, 0.15) is 5.75 Å². The first-order chi connectivity index (χ1) is 12.5. The highest BCUT2D eigenvalue weighted by Gasteiger charge is 2.28. The lowest BCUT2D eigenvalue weighted by molar-refractivity contribution is -0.153. The molecule has 0 fully saturated rings. The Balaban J connectivity index is 2.61. The largest absolute Gasteiger partial charge is 0.484 e. The maximum atomic E-state index is 12.2. The first-order valence-electron chi connectivity index (χ1n) is 8.96. The molecule has 154 valence electrons. The molecule has 27 heavy (non-hydrogen) atoms. The minimum absolute atomic E-state index is 0.0805. The monoisotopic (exact) mass is 388 g/mol. The third kappa shape index (κ3) is 10.7. The summed E-state index contributed by atoms with van der Waals surface area (Å²) in [7, 11) is 4.09. The minimum atomic E-state index is -4.34. The van der Waals surface area contributed by atoms with E-state index in [9.17, 15) is 13.2 Å². The number of benzene rings is 1. The number of ether oxygens (including phenoxy) is 1. The van der Waals surface area contributed by atoms with Gasteiger partial charge < -0.3 is 20.3 Å². The summed E-state index contributed by atoms with van der Waals surface area (Å²) in [5.41, 5.74) is 0.969. The molecule has 0 bridgehead atoms. The van der Waals surface area contributed by atoms with Gasteiger partial charge in [0.2, 0.25) is 0 Å². The fraction of sp³-hybridized carbons (Fsp3) is 0.632. The van der Waals surface area contributed by atoms with Crippen LogP contribution in [-0.4, -0.2) is 57.4 Å². The maximum Gasteiger partial charge on any atom is 0.422 e. The highest BCUT2D eigenvalue weighted by Crippen LogP contribution is 2.19. The summed E-state index contributed by atoms with van der Waals surface area (Å²) in [4.78, 5) is 6.69. The molecule has 0 spiro atoms. The molecule has 0 aliphatic heterocycles. The molecular weight excluding hydrogens is 357 g/mol. The fourth-order valence-corrected chi connectivity index (χ4v) is 2.60. The molecule has 0 radical (unpaired) electrons. The molecule has 0 aliphatic rings. The fourth-order valence-electron chi connectivity index (χ4n) is 2.60. The highest BCUT2D eigenvalue weighted by molar-refractivity contribution is 5.79. The molecule has 8 heteroatoms. The van der Waals surface area contributed by atoms with Crippen LogP contribution in [-0.2, 0) is 6.54 Å². The Bertz CT molecular complexity index is 584. The van der Waals surface area contributed by atoms with Crippen LogP contribution in [0.5, 0.6) is 5.75 Å². The number of aliphatic imine (C=N–C) groups is 1. The topological polar surface area (TPSA) is 48.9 Å². The number of alkyl halides is 3. The third-order valence-corrected chi connectivity index (χ3v) is 3.57. The van der Waals surface area contributed by atoms with Gasteiger partial charge in [-0.1, -0.05) is 26.0 Å². The van der Waals surface area contributed by atoms with Gasteiger partial charge in [0.15, 0.2) is 12.6 Å². The van der Waals surface area contributed by atoms with Gasteiger partial charge >= 0.3 is 6.18 Å². The quantitative estimate of drug-likeness (QED) is 0.504. The van der Waals surface area contributed by atoms with Crippen LogP contribution in [0.25, 0.3) is 0 Å². The molecule has 0 heterocycles. The standard InChI is InChI=1S/C19H31F3N4O/c1-6-23-17(25-12-18(2,3)13-26(4)5)24-11-15-7-9-16(10-8-15)27-14-19(20,21)22/h7-10H,6,11-14H2,1-5H3,(H2,23,24,25). The number of hydrogen-bond acceptors (Lipinski definition) is 3. The Morgan fingerprint density at radius 3 is 2.26 bits per heavy atom. The normalized spacial score (nSPS) is 13.0. The van der Waals surface area contributed by atoms with E-state index in [4.69, 9.17) is 4.74 Å². The van der Waals surface area contributed by atoms with Crippen LogP contribution < -0.4 is 15.4 Å². The van der Waals surface area contributed by atoms with Crippen molar-refractivity contribution < 1.29 is 17.9 Å². The molecule has 1 aromatic carbocycles. The summed E-state index contributed by atoms with van der Waals surface area (Å²) < 4.78 is 41.2. The maximum absolute atomic E-state index is 12.2. The number of rotatable bonds is 9. The van der Waals surface area contributed by atoms with Gasteiger partial charge in [0.25, 0.3) is 0 Å². The van der Waals surface area contributed by atoms with Crippen molar-refractivity contribution in [2.45, 2.75) is 33.5 Å². The first kappa shape index (κ1) is 23.1. The van der Waals surface area contributed by atoms with Crippen LogP contribution in [0.4, 0.5) is 13.2 Å². The molecule has 0 aromatic heterocycles. The number of nitrogens with one attached hydrogen (secondary N) is 2. The average Bonchev–Trinajstić information content (AvgIpc) is 2.54. The Kier molecular flexibility index (Phi) is 8.88. The predicted octanol–water partition coefficient (Wildman–Crippen LogP) is 3.27. The Morgan fingerprint density at radius 1 is 1.11 bits per heavy atom. The molecule has 1 rings (SSSR count). The van der Waals surface area contributed by atoms with E-state index in [0.717, 1.165) is 25.2 Å². The van der Waals surface area contributed by atoms with Crippen molar-refractivity contribution in [1.82, 2.24) is 15.5 Å². The predicted molar refractivity (Wildman–Crippen MR) is 103 cm³/mol. The number of guanidine groups is 1. The van der Waals surface area contributed by atoms with E-state index in [1.807, 2.05) is 21.0 Å². The van der Waals surface area contributed by atoms with Gasteiger partial charge in [-0.25, -0.2) is 4.99 Å². The second kappa shape index (κ2) is 10.4. The van der Waals surface area contributed by atoms with E-state index >= 15 is 0 Å². The molecule has 0 saturated heterocycles. The Hall–Kier alpha value is -1.96. The van der Waals surface area contributed by atoms with E-state index in [2.05, 4.69) is 34.4 Å². The van der Waals surface area contributed by atoms with Crippen LogP contribution in [0.2, 0.25) is 0 Å². The summed E-state index contributed by atoms with van der Waals surface area (Å²) in [6, 6.07) is 6.48. The summed E-state index contributed by atoms with van der Waals surface area (Å²) in [5.74, 6) is 0.900. The molecule has 0 saturated carbocycles. The van der Waals surface area contributed by atoms with Gasteiger partial charge in [-0.15, -0.1) is 0 Å². The van der Waals surface area contributed by atoms with Crippen molar-refractivity contribution in [3.8, 4) is 5.75 Å². The second-order valence-electron chi connectivity index (χ2n) is 7.50. The van der Waals surface area contributed by atoms with E-state index < -0.39 is 12.8 Å². The van der Waals surface area contributed by atoms with Crippen molar-refractivity contribution >= 4 is 5.96 Å². The van der Waals surface area contributed by atoms with E-state index in [0.29, 0.717) is 12.5 Å². The molecule has 2 N–H and O–H groups in total. The zero-order valence-electron chi connectivity index (χ0n) is 16.8. The lowest BCUT2D eigenvalue weighted by Gasteiger charge is -2.29. The van der Waals surface area contributed by atoms with Crippen LogP contribution in [0, 0.1) is 5.41 Å². The molecule has 0 unspecified atom stereocenters. The summed E-state index contributed by atoms with van der Waals surface area (Å²) in [6.45, 7) is 7.94. The second-order valence-corrected chi connectivity index (χ2v) is 7.50. The Morgan fingerprint density at radius 2 is 1.74 bits per heavy atom. The van der Waals surface area contributed by atoms with Gasteiger partial charge in [-0.2, -0.15) is 13.2 Å². The number of halogens is 3. The molecule has 0 aliphatic carbocycles. The highest BCUT2D eigenvalue weighted by atomic mass is 19.4. The Labute approximate surface area is 160 Å². The summed E-state index contributed by atoms with van der Waals surface area (Å²) in [6.07, 6.45) is -4.34. The van der Waals surface area contributed by atoms with Crippen LogP contribution >= 0.6 is 0 Å². The molecule has 1 aromatic rings.